The minimum atomic E-state index is -4.64. The van der Waals surface area contributed by atoms with Gasteiger partial charge in [0.1, 0.15) is 0 Å². The molecule has 0 atom stereocenters. The number of benzene rings is 2. The molecule has 1 saturated heterocycles. The van der Waals surface area contributed by atoms with Crippen molar-refractivity contribution < 1.29 is 31.2 Å². The highest BCUT2D eigenvalue weighted by Crippen LogP contribution is 2.31. The van der Waals surface area contributed by atoms with Gasteiger partial charge in [-0.1, -0.05) is 23.4 Å². The minimum absolute atomic E-state index is 0.0334. The highest BCUT2D eigenvalue weighted by atomic mass is 32.2. The van der Waals surface area contributed by atoms with E-state index in [0.29, 0.717) is 17.3 Å². The van der Waals surface area contributed by atoms with E-state index in [1.165, 1.54) is 0 Å². The lowest BCUT2D eigenvalue weighted by Gasteiger charge is -2.26. The summed E-state index contributed by atoms with van der Waals surface area (Å²) in [5.41, 5.74) is 0.852. The van der Waals surface area contributed by atoms with Crippen LogP contribution in [-0.2, 0) is 32.4 Å². The highest BCUT2D eigenvalue weighted by molar-refractivity contribution is 7.89. The normalized spacial score (nSPS) is 14.8. The maximum atomic E-state index is 12.9. The zero-order valence-corrected chi connectivity index (χ0v) is 18.7. The van der Waals surface area contributed by atoms with E-state index >= 15 is 0 Å². The summed E-state index contributed by atoms with van der Waals surface area (Å²) >= 11 is 0. The van der Waals surface area contributed by atoms with Gasteiger partial charge in [-0.05, 0) is 35.9 Å². The van der Waals surface area contributed by atoms with E-state index in [4.69, 9.17) is 10.1 Å². The summed E-state index contributed by atoms with van der Waals surface area (Å²) in [6.07, 6.45) is -4.19. The van der Waals surface area contributed by atoms with E-state index < -0.39 is 32.6 Å². The van der Waals surface area contributed by atoms with E-state index in [1.54, 1.807) is 24.3 Å². The average molecular weight is 494 g/mol. The molecule has 0 radical (unpaired) electrons. The molecule has 12 heteroatoms. The Balaban J connectivity index is 1.47. The first kappa shape index (κ1) is 25.2. The quantitative estimate of drug-likeness (QED) is 0.595. The molecule has 1 fully saturated rings. The number of amides is 1. The molecule has 0 saturated carbocycles. The van der Waals surface area contributed by atoms with Crippen molar-refractivity contribution in [1.29, 1.82) is 5.26 Å². The number of piperidine rings is 1. The number of oxime groups is 1. The lowest BCUT2D eigenvalue weighted by molar-refractivity contribution is -0.137. The second kappa shape index (κ2) is 10.7. The van der Waals surface area contributed by atoms with E-state index in [2.05, 4.69) is 10.5 Å². The van der Waals surface area contributed by atoms with Gasteiger partial charge in [-0.3, -0.25) is 4.79 Å². The molecule has 34 heavy (non-hydrogen) atoms. The number of sulfonamides is 1. The smallest absolute Gasteiger partial charge is 0.386 e. The molecule has 0 spiro atoms. The Morgan fingerprint density at radius 3 is 2.44 bits per heavy atom. The summed E-state index contributed by atoms with van der Waals surface area (Å²) in [7, 11) is -4.08. The van der Waals surface area contributed by atoms with Crippen LogP contribution < -0.4 is 5.32 Å². The summed E-state index contributed by atoms with van der Waals surface area (Å²) in [5, 5.41) is 15.3. The van der Waals surface area contributed by atoms with Crippen molar-refractivity contribution in [3.05, 3.63) is 65.2 Å². The number of hydrogen-bond acceptors (Lipinski definition) is 6. The Morgan fingerprint density at radius 2 is 1.82 bits per heavy atom. The molecule has 180 valence electrons. The van der Waals surface area contributed by atoms with Gasteiger partial charge >= 0.3 is 6.18 Å². The molecule has 1 heterocycles. The molecule has 0 unspecified atom stereocenters. The summed E-state index contributed by atoms with van der Waals surface area (Å²) in [6.45, 7) is -0.00379. The highest BCUT2D eigenvalue weighted by Gasteiger charge is 2.33. The number of carbonyl (C=O) groups excluding carboxylic acids is 1. The third kappa shape index (κ3) is 6.55. The van der Waals surface area contributed by atoms with Crippen LogP contribution in [0.15, 0.2) is 58.6 Å². The van der Waals surface area contributed by atoms with Crippen LogP contribution >= 0.6 is 0 Å². The zero-order chi connectivity index (χ0) is 24.8. The van der Waals surface area contributed by atoms with Gasteiger partial charge in [0.15, 0.2) is 6.61 Å². The third-order valence-corrected chi connectivity index (χ3v) is 6.96. The molecule has 2 aromatic carbocycles. The van der Waals surface area contributed by atoms with Crippen LogP contribution in [0, 0.1) is 11.3 Å². The summed E-state index contributed by atoms with van der Waals surface area (Å²) in [5.74, 6) is -0.404. The van der Waals surface area contributed by atoms with Crippen molar-refractivity contribution in [2.24, 2.45) is 5.16 Å². The van der Waals surface area contributed by atoms with Crippen LogP contribution in [-0.4, -0.2) is 44.0 Å². The molecule has 1 amide bonds. The van der Waals surface area contributed by atoms with E-state index in [1.807, 2.05) is 6.07 Å². The Morgan fingerprint density at radius 1 is 1.15 bits per heavy atom. The zero-order valence-electron chi connectivity index (χ0n) is 17.9. The Kier molecular flexibility index (Phi) is 7.90. The SMILES string of the molecule is N#Cc1ccc(CNC(=O)CON=C2CCN(S(=O)(=O)c3cccc(C(F)(F)F)c3)CC2)cc1. The van der Waals surface area contributed by atoms with Gasteiger partial charge < -0.3 is 10.2 Å². The Labute approximate surface area is 194 Å². The number of hydrogen-bond donors (Lipinski definition) is 1. The summed E-state index contributed by atoms with van der Waals surface area (Å²) in [6, 6.07) is 12.4. The number of carbonyl (C=O) groups is 1. The number of nitrogens with zero attached hydrogens (tertiary/aromatic N) is 3. The molecule has 1 aliphatic rings. The van der Waals surface area contributed by atoms with E-state index in [9.17, 15) is 26.4 Å². The number of rotatable bonds is 7. The van der Waals surface area contributed by atoms with Gasteiger partial charge in [-0.15, -0.1) is 0 Å². The van der Waals surface area contributed by atoms with Crippen LogP contribution in [0.5, 0.6) is 0 Å². The second-order valence-electron chi connectivity index (χ2n) is 7.45. The molecule has 3 rings (SSSR count). The molecule has 8 nitrogen and oxygen atoms in total. The first-order valence-electron chi connectivity index (χ1n) is 10.2. The maximum absolute atomic E-state index is 12.9. The standard InChI is InChI=1S/C22H21F3N4O4S/c23-22(24,25)18-2-1-3-20(12-18)34(31,32)29-10-8-19(9-11-29)28-33-15-21(30)27-14-17-6-4-16(13-26)5-7-17/h1-7,12H,8-11,14-15H2,(H,27,30). The largest absolute Gasteiger partial charge is 0.416 e. The second-order valence-corrected chi connectivity index (χ2v) is 9.38. The van der Waals surface area contributed by atoms with Crippen molar-refractivity contribution >= 4 is 21.6 Å². The predicted molar refractivity (Wildman–Crippen MR) is 116 cm³/mol. The van der Waals surface area contributed by atoms with Crippen LogP contribution in [0.25, 0.3) is 0 Å². The lowest BCUT2D eigenvalue weighted by atomic mass is 10.1. The fraction of sp³-hybridized carbons (Fsp3) is 0.318. The van der Waals surface area contributed by atoms with Crippen molar-refractivity contribution in [2.45, 2.75) is 30.5 Å². The van der Waals surface area contributed by atoms with Gasteiger partial charge in [0.05, 0.1) is 27.8 Å². The first-order valence-corrected chi connectivity index (χ1v) is 11.6. The lowest BCUT2D eigenvalue weighted by Crippen LogP contribution is -2.38. The number of halogens is 3. The molecule has 0 aromatic heterocycles. The summed E-state index contributed by atoms with van der Waals surface area (Å²) in [4.78, 5) is 16.5. The topological polar surface area (TPSA) is 112 Å². The Hall–Kier alpha value is -3.43. The van der Waals surface area contributed by atoms with E-state index in [0.717, 1.165) is 28.1 Å². The predicted octanol–water partition coefficient (Wildman–Crippen LogP) is 3.05. The molecule has 0 bridgehead atoms. The molecular formula is C22H21F3N4O4S. The fourth-order valence-corrected chi connectivity index (χ4v) is 4.68. The average Bonchev–Trinajstić information content (AvgIpc) is 2.83. The van der Waals surface area contributed by atoms with Gasteiger partial charge in [0.25, 0.3) is 5.91 Å². The van der Waals surface area contributed by atoms with E-state index in [-0.39, 0.29) is 39.1 Å². The Bertz CT molecular complexity index is 1200. The molecule has 1 aliphatic heterocycles. The van der Waals surface area contributed by atoms with Gasteiger partial charge in [-0.25, -0.2) is 8.42 Å². The molecular weight excluding hydrogens is 473 g/mol. The maximum Gasteiger partial charge on any atom is 0.416 e. The van der Waals surface area contributed by atoms with Crippen LogP contribution in [0.1, 0.15) is 29.5 Å². The minimum Gasteiger partial charge on any atom is -0.386 e. The van der Waals surface area contributed by atoms with Gasteiger partial charge in [-0.2, -0.15) is 22.7 Å². The van der Waals surface area contributed by atoms with Crippen molar-refractivity contribution in [3.8, 4) is 6.07 Å². The van der Waals surface area contributed by atoms with Gasteiger partial charge in [0.2, 0.25) is 10.0 Å². The number of nitrogens with one attached hydrogen (secondary N) is 1. The molecule has 0 aliphatic carbocycles. The van der Waals surface area contributed by atoms with Crippen molar-refractivity contribution in [1.82, 2.24) is 9.62 Å². The molecule has 1 N–H and O–H groups in total. The monoisotopic (exact) mass is 494 g/mol. The first-order chi connectivity index (χ1) is 16.1. The fourth-order valence-electron chi connectivity index (χ4n) is 3.19. The van der Waals surface area contributed by atoms with Crippen LogP contribution in [0.3, 0.4) is 0 Å². The number of alkyl halides is 3. The van der Waals surface area contributed by atoms with Crippen LogP contribution in [0.4, 0.5) is 13.2 Å². The summed E-state index contributed by atoms with van der Waals surface area (Å²) < 4.78 is 65.3. The number of nitriles is 1. The van der Waals surface area contributed by atoms with Crippen LogP contribution in [0.2, 0.25) is 0 Å². The molecule has 2 aromatic rings. The third-order valence-electron chi connectivity index (χ3n) is 5.06. The van der Waals surface area contributed by atoms with Gasteiger partial charge in [0, 0.05) is 32.5 Å². The van der Waals surface area contributed by atoms with Crippen molar-refractivity contribution in [3.63, 3.8) is 0 Å². The van der Waals surface area contributed by atoms with Crippen molar-refractivity contribution in [2.75, 3.05) is 19.7 Å².